The molecule has 0 aromatic rings. The van der Waals surface area contributed by atoms with Crippen LogP contribution in [0.5, 0.6) is 0 Å². The number of allylic oxidation sites excluding steroid dienone is 2. The second-order valence-corrected chi connectivity index (χ2v) is 5.87. The first kappa shape index (κ1) is 13.2. The molecule has 2 aliphatic heterocycles. The number of dihydropyridines is 1. The number of rotatable bonds is 3. The lowest BCUT2D eigenvalue weighted by molar-refractivity contribution is -0.0536. The Morgan fingerprint density at radius 1 is 1.65 bits per heavy atom. The minimum Gasteiger partial charge on any atom is -0.476 e. The molecule has 0 saturated carbocycles. The molecular formula is C12H19IN2O2. The predicted molar refractivity (Wildman–Crippen MR) is 76.0 cm³/mol. The second kappa shape index (κ2) is 6.06. The van der Waals surface area contributed by atoms with Crippen LogP contribution in [0.15, 0.2) is 23.6 Å². The number of hydrogen-bond donors (Lipinski definition) is 1. The number of nitrogens with zero attached hydrogens (tertiary/aromatic N) is 1. The Morgan fingerprint density at radius 2 is 2.47 bits per heavy atom. The van der Waals surface area contributed by atoms with Crippen LogP contribution in [0.3, 0.4) is 0 Å². The molecular weight excluding hydrogens is 331 g/mol. The van der Waals surface area contributed by atoms with Gasteiger partial charge in [-0.15, -0.1) is 0 Å². The summed E-state index contributed by atoms with van der Waals surface area (Å²) in [5, 5.41) is 3.28. The first-order valence-electron chi connectivity index (χ1n) is 5.87. The van der Waals surface area contributed by atoms with Crippen molar-refractivity contribution < 1.29 is 9.47 Å². The fourth-order valence-corrected chi connectivity index (χ4v) is 2.81. The number of hydrogen-bond acceptors (Lipinski definition) is 4. The van der Waals surface area contributed by atoms with E-state index in [2.05, 4.69) is 52.9 Å². The minimum atomic E-state index is 0.176. The Hall–Kier alpha value is -0.270. The third kappa shape index (κ3) is 4.15. The first-order chi connectivity index (χ1) is 8.13. The fourth-order valence-electron chi connectivity index (χ4n) is 1.94. The van der Waals surface area contributed by atoms with Crippen molar-refractivity contribution in [2.45, 2.75) is 17.1 Å². The molecule has 17 heavy (non-hydrogen) atoms. The summed E-state index contributed by atoms with van der Waals surface area (Å²) >= 11 is 2.34. The molecule has 0 spiro atoms. The highest BCUT2D eigenvalue weighted by Crippen LogP contribution is 2.15. The third-order valence-electron chi connectivity index (χ3n) is 2.81. The zero-order valence-electron chi connectivity index (χ0n) is 10.3. The Labute approximate surface area is 116 Å². The van der Waals surface area contributed by atoms with Gasteiger partial charge in [0.1, 0.15) is 12.7 Å². The molecule has 2 rings (SSSR count). The van der Waals surface area contributed by atoms with E-state index in [0.717, 1.165) is 25.6 Å². The molecule has 1 unspecified atom stereocenters. The van der Waals surface area contributed by atoms with E-state index < -0.39 is 0 Å². The molecule has 1 fully saturated rings. The third-order valence-corrected chi connectivity index (χ3v) is 3.49. The van der Waals surface area contributed by atoms with E-state index in [1.807, 2.05) is 6.08 Å². The summed E-state index contributed by atoms with van der Waals surface area (Å²) in [7, 11) is 2.11. The quantitative estimate of drug-likeness (QED) is 0.475. The van der Waals surface area contributed by atoms with Crippen molar-refractivity contribution in [3.05, 3.63) is 23.6 Å². The topological polar surface area (TPSA) is 33.7 Å². The maximum atomic E-state index is 5.76. The molecule has 0 bridgehead atoms. The van der Waals surface area contributed by atoms with Crippen molar-refractivity contribution >= 4 is 22.6 Å². The van der Waals surface area contributed by atoms with Crippen LogP contribution in [-0.2, 0) is 9.47 Å². The molecule has 0 amide bonds. The van der Waals surface area contributed by atoms with Gasteiger partial charge in [-0.1, -0.05) is 22.6 Å². The van der Waals surface area contributed by atoms with E-state index in [1.54, 1.807) is 0 Å². The lowest BCUT2D eigenvalue weighted by atomic mass is 10.2. The van der Waals surface area contributed by atoms with Crippen LogP contribution in [-0.4, -0.2) is 48.4 Å². The van der Waals surface area contributed by atoms with Gasteiger partial charge in [0.15, 0.2) is 5.88 Å². The summed E-state index contributed by atoms with van der Waals surface area (Å²) in [5.74, 6) is 0.848. The van der Waals surface area contributed by atoms with Gasteiger partial charge in [-0.3, -0.25) is 0 Å². The second-order valence-electron chi connectivity index (χ2n) is 4.53. The normalized spacial score (nSPS) is 30.3. The molecule has 2 aliphatic rings. The lowest BCUT2D eigenvalue weighted by Gasteiger charge is -2.30. The molecule has 2 heterocycles. The van der Waals surface area contributed by atoms with Crippen molar-refractivity contribution in [2.24, 2.45) is 0 Å². The number of morpholine rings is 1. The molecule has 4 nitrogen and oxygen atoms in total. The maximum absolute atomic E-state index is 5.76. The molecule has 2 atom stereocenters. The van der Waals surface area contributed by atoms with Gasteiger partial charge in [0.2, 0.25) is 0 Å². The van der Waals surface area contributed by atoms with Crippen molar-refractivity contribution in [1.29, 1.82) is 0 Å². The van der Waals surface area contributed by atoms with Crippen LogP contribution in [0.4, 0.5) is 0 Å². The van der Waals surface area contributed by atoms with Gasteiger partial charge in [-0.05, 0) is 25.6 Å². The van der Waals surface area contributed by atoms with E-state index in [9.17, 15) is 0 Å². The highest BCUT2D eigenvalue weighted by atomic mass is 127. The summed E-state index contributed by atoms with van der Waals surface area (Å²) in [5.41, 5.74) is 1.24. The van der Waals surface area contributed by atoms with Gasteiger partial charge in [0.25, 0.3) is 0 Å². The van der Waals surface area contributed by atoms with Crippen molar-refractivity contribution in [3.8, 4) is 0 Å². The molecule has 0 aliphatic carbocycles. The largest absolute Gasteiger partial charge is 0.476 e. The Bertz CT molecular complexity index is 330. The van der Waals surface area contributed by atoms with Gasteiger partial charge < -0.3 is 19.7 Å². The van der Waals surface area contributed by atoms with Crippen LogP contribution in [0.1, 0.15) is 6.92 Å². The standard InChI is InChI=1S/C12H19IN2O2/c1-9-5-11(13)14-12(6-9)17-8-10-7-15(2)3-4-16-10/h5-6,10-11,14H,3-4,7-8H2,1-2H3/t10-,11?/m1/s1. The van der Waals surface area contributed by atoms with Crippen LogP contribution >= 0.6 is 22.6 Å². The average molecular weight is 350 g/mol. The minimum absolute atomic E-state index is 0.176. The molecule has 1 N–H and O–H groups in total. The number of likely N-dealkylation sites (N-methyl/N-ethyl adjacent to an activating group) is 1. The number of ether oxygens (including phenoxy) is 2. The number of halogens is 1. The molecule has 96 valence electrons. The Balaban J connectivity index is 1.80. The van der Waals surface area contributed by atoms with Crippen LogP contribution in [0, 0.1) is 0 Å². The predicted octanol–water partition coefficient (Wildman–Crippen LogP) is 1.49. The van der Waals surface area contributed by atoms with Crippen LogP contribution in [0.25, 0.3) is 0 Å². The molecule has 1 saturated heterocycles. The lowest BCUT2D eigenvalue weighted by Crippen LogP contribution is -2.42. The average Bonchev–Trinajstić information content (AvgIpc) is 2.25. The van der Waals surface area contributed by atoms with E-state index >= 15 is 0 Å². The Morgan fingerprint density at radius 3 is 3.18 bits per heavy atom. The van der Waals surface area contributed by atoms with E-state index in [4.69, 9.17) is 9.47 Å². The van der Waals surface area contributed by atoms with Gasteiger partial charge in [-0.25, -0.2) is 0 Å². The Kier molecular flexibility index (Phi) is 4.69. The summed E-state index contributed by atoms with van der Waals surface area (Å²) in [6.07, 6.45) is 4.37. The highest BCUT2D eigenvalue weighted by Gasteiger charge is 2.19. The summed E-state index contributed by atoms with van der Waals surface area (Å²) < 4.78 is 11.7. The van der Waals surface area contributed by atoms with Crippen LogP contribution in [0.2, 0.25) is 0 Å². The molecule has 0 aromatic heterocycles. The van der Waals surface area contributed by atoms with Crippen molar-refractivity contribution in [2.75, 3.05) is 33.4 Å². The van der Waals surface area contributed by atoms with Gasteiger partial charge in [0.05, 0.1) is 10.7 Å². The molecule has 0 aromatic carbocycles. The fraction of sp³-hybridized carbons (Fsp3) is 0.667. The van der Waals surface area contributed by atoms with Crippen LogP contribution < -0.4 is 5.32 Å². The van der Waals surface area contributed by atoms with E-state index in [1.165, 1.54) is 5.57 Å². The maximum Gasteiger partial charge on any atom is 0.188 e. The van der Waals surface area contributed by atoms with E-state index in [-0.39, 0.29) is 6.10 Å². The van der Waals surface area contributed by atoms with E-state index in [0.29, 0.717) is 10.7 Å². The van der Waals surface area contributed by atoms with Crippen molar-refractivity contribution in [3.63, 3.8) is 0 Å². The summed E-state index contributed by atoms with van der Waals surface area (Å²) in [4.78, 5) is 2.27. The summed E-state index contributed by atoms with van der Waals surface area (Å²) in [6.45, 7) is 5.44. The first-order valence-corrected chi connectivity index (χ1v) is 7.12. The van der Waals surface area contributed by atoms with Gasteiger partial charge in [0, 0.05) is 19.2 Å². The van der Waals surface area contributed by atoms with Crippen molar-refractivity contribution in [1.82, 2.24) is 10.2 Å². The van der Waals surface area contributed by atoms with Gasteiger partial charge in [-0.2, -0.15) is 0 Å². The van der Waals surface area contributed by atoms with Gasteiger partial charge >= 0.3 is 0 Å². The molecule has 5 heteroatoms. The zero-order valence-corrected chi connectivity index (χ0v) is 12.4. The zero-order chi connectivity index (χ0) is 12.3. The SMILES string of the molecule is CC1=CC(I)NC(OC[C@H]2CN(C)CCO2)=C1. The highest BCUT2D eigenvalue weighted by molar-refractivity contribution is 14.1. The molecule has 0 radical (unpaired) electrons. The monoisotopic (exact) mass is 350 g/mol. The smallest absolute Gasteiger partial charge is 0.188 e. The number of nitrogens with one attached hydrogen (secondary N) is 1. The summed E-state index contributed by atoms with van der Waals surface area (Å²) in [6, 6.07) is 0. The number of alkyl halides is 1.